The fourth-order valence-electron chi connectivity index (χ4n) is 4.28. The largest absolute Gasteiger partial charge is 0.312 e. The van der Waals surface area contributed by atoms with Gasteiger partial charge in [-0.3, -0.25) is 4.79 Å². The van der Waals surface area contributed by atoms with E-state index in [9.17, 15) is 4.79 Å². The van der Waals surface area contributed by atoms with Crippen molar-refractivity contribution in [2.24, 2.45) is 0 Å². The lowest BCUT2D eigenvalue weighted by Gasteiger charge is -2.19. The maximum atomic E-state index is 12.7. The van der Waals surface area contributed by atoms with E-state index in [2.05, 4.69) is 49.7 Å². The first-order chi connectivity index (χ1) is 14.2. The molecule has 1 aliphatic heterocycles. The predicted octanol–water partition coefficient (Wildman–Crippen LogP) is 5.33. The second kappa shape index (κ2) is 6.09. The number of fused-ring (bicyclic) bond motifs is 6. The van der Waals surface area contributed by atoms with E-state index in [0.29, 0.717) is 11.2 Å². The van der Waals surface area contributed by atoms with Gasteiger partial charge in [0.15, 0.2) is 5.82 Å². The van der Waals surface area contributed by atoms with Gasteiger partial charge in [-0.1, -0.05) is 58.4 Å². The minimum atomic E-state index is -0.220. The van der Waals surface area contributed by atoms with E-state index in [1.54, 1.807) is 0 Å². The van der Waals surface area contributed by atoms with Crippen molar-refractivity contribution in [2.75, 3.05) is 0 Å². The predicted molar refractivity (Wildman–Crippen MR) is 118 cm³/mol. The SMILES string of the molecule is O=c1nc2n(c3ccccc13)C(c1cccc(Br)c1)c1cc3ccccc3nc1-2. The van der Waals surface area contributed by atoms with Gasteiger partial charge in [0.05, 0.1) is 22.5 Å². The summed E-state index contributed by atoms with van der Waals surface area (Å²) in [5, 5.41) is 1.69. The highest BCUT2D eigenvalue weighted by Crippen LogP contribution is 2.43. The van der Waals surface area contributed by atoms with Crippen molar-refractivity contribution in [2.45, 2.75) is 6.04 Å². The topological polar surface area (TPSA) is 47.8 Å². The Bertz CT molecular complexity index is 1510. The van der Waals surface area contributed by atoms with Crippen molar-refractivity contribution in [1.82, 2.24) is 14.5 Å². The van der Waals surface area contributed by atoms with Gasteiger partial charge in [-0.15, -0.1) is 0 Å². The molecule has 3 aromatic carbocycles. The Morgan fingerprint density at radius 2 is 1.69 bits per heavy atom. The average molecular weight is 440 g/mol. The molecule has 0 amide bonds. The summed E-state index contributed by atoms with van der Waals surface area (Å²) in [7, 11) is 0. The second-order valence-electron chi connectivity index (χ2n) is 7.20. The lowest BCUT2D eigenvalue weighted by atomic mass is 9.98. The molecule has 4 nitrogen and oxygen atoms in total. The zero-order chi connectivity index (χ0) is 19.5. The van der Waals surface area contributed by atoms with Gasteiger partial charge in [0.1, 0.15) is 5.69 Å². The third kappa shape index (κ3) is 2.41. The van der Waals surface area contributed by atoms with E-state index in [1.165, 1.54) is 0 Å². The molecule has 1 aliphatic rings. The van der Waals surface area contributed by atoms with Crippen LogP contribution in [0.15, 0.2) is 88.1 Å². The molecule has 0 aliphatic carbocycles. The van der Waals surface area contributed by atoms with Crippen LogP contribution in [0.5, 0.6) is 0 Å². The fraction of sp³-hybridized carbons (Fsp3) is 0.0417. The minimum absolute atomic E-state index is 0.104. The normalized spacial score (nSPS) is 14.9. The van der Waals surface area contributed by atoms with Crippen molar-refractivity contribution in [3.8, 4) is 11.5 Å². The quantitative estimate of drug-likeness (QED) is 0.348. The zero-order valence-electron chi connectivity index (χ0n) is 15.2. The zero-order valence-corrected chi connectivity index (χ0v) is 16.8. The number of aromatic nitrogens is 3. The van der Waals surface area contributed by atoms with Crippen LogP contribution < -0.4 is 5.56 Å². The van der Waals surface area contributed by atoms with Gasteiger partial charge in [-0.25, -0.2) is 4.98 Å². The van der Waals surface area contributed by atoms with E-state index < -0.39 is 0 Å². The Morgan fingerprint density at radius 1 is 0.862 bits per heavy atom. The van der Waals surface area contributed by atoms with Crippen molar-refractivity contribution >= 4 is 37.7 Å². The highest BCUT2D eigenvalue weighted by molar-refractivity contribution is 9.10. The smallest absolute Gasteiger partial charge is 0.281 e. The second-order valence-corrected chi connectivity index (χ2v) is 8.12. The summed E-state index contributed by atoms with van der Waals surface area (Å²) < 4.78 is 3.16. The van der Waals surface area contributed by atoms with Crippen LogP contribution in [0.2, 0.25) is 0 Å². The lowest BCUT2D eigenvalue weighted by Crippen LogP contribution is -2.16. The van der Waals surface area contributed by atoms with E-state index in [4.69, 9.17) is 4.98 Å². The molecule has 29 heavy (non-hydrogen) atoms. The van der Waals surface area contributed by atoms with E-state index >= 15 is 0 Å². The summed E-state index contributed by atoms with van der Waals surface area (Å²) in [6.07, 6.45) is 0. The third-order valence-corrected chi connectivity index (χ3v) is 6.01. The Hall–Kier alpha value is -3.31. The Kier molecular flexibility index (Phi) is 3.49. The Morgan fingerprint density at radius 3 is 2.59 bits per heavy atom. The van der Waals surface area contributed by atoms with Crippen LogP contribution in [0.25, 0.3) is 33.3 Å². The molecule has 0 bridgehead atoms. The molecule has 0 fully saturated rings. The van der Waals surface area contributed by atoms with Crippen LogP contribution >= 0.6 is 15.9 Å². The molecular formula is C24H14BrN3O. The molecule has 1 atom stereocenters. The van der Waals surface area contributed by atoms with Gasteiger partial charge in [-0.2, -0.15) is 4.98 Å². The van der Waals surface area contributed by atoms with Gasteiger partial charge in [0.25, 0.3) is 5.56 Å². The molecule has 5 aromatic rings. The van der Waals surface area contributed by atoms with Gasteiger partial charge in [-0.05, 0) is 42.0 Å². The maximum Gasteiger partial charge on any atom is 0.281 e. The minimum Gasteiger partial charge on any atom is -0.312 e. The number of hydrogen-bond acceptors (Lipinski definition) is 3. The number of halogens is 1. The molecule has 6 rings (SSSR count). The number of benzene rings is 3. The molecule has 0 spiro atoms. The van der Waals surface area contributed by atoms with Crippen molar-refractivity contribution < 1.29 is 0 Å². The summed E-state index contributed by atoms with van der Waals surface area (Å²) in [4.78, 5) is 22.1. The standard InChI is InChI=1S/C24H14BrN3O/c25-16-8-5-7-15(12-16)22-18-13-14-6-1-3-10-19(14)26-21(18)23-27-24(29)17-9-2-4-11-20(17)28(22)23/h1-13,22H. The number of rotatable bonds is 1. The maximum absolute atomic E-state index is 12.7. The molecule has 0 N–H and O–H groups in total. The molecule has 1 unspecified atom stereocenters. The molecule has 0 radical (unpaired) electrons. The molecule has 5 heteroatoms. The molecular weight excluding hydrogens is 426 g/mol. The first-order valence-corrected chi connectivity index (χ1v) is 10.2. The van der Waals surface area contributed by atoms with E-state index in [0.717, 1.165) is 37.7 Å². The molecule has 3 heterocycles. The van der Waals surface area contributed by atoms with E-state index in [-0.39, 0.29) is 11.6 Å². The van der Waals surface area contributed by atoms with Crippen molar-refractivity contribution in [3.05, 3.63) is 105 Å². The van der Waals surface area contributed by atoms with Crippen molar-refractivity contribution in [3.63, 3.8) is 0 Å². The van der Waals surface area contributed by atoms with Crippen LogP contribution in [-0.4, -0.2) is 14.5 Å². The van der Waals surface area contributed by atoms with Crippen LogP contribution in [0.1, 0.15) is 17.2 Å². The average Bonchev–Trinajstić information content (AvgIpc) is 3.06. The highest BCUT2D eigenvalue weighted by Gasteiger charge is 2.33. The number of pyridine rings is 1. The Labute approximate surface area is 174 Å². The third-order valence-electron chi connectivity index (χ3n) is 5.51. The molecule has 0 saturated heterocycles. The molecule has 2 aromatic heterocycles. The summed E-state index contributed by atoms with van der Waals surface area (Å²) in [5.74, 6) is 0.624. The van der Waals surface area contributed by atoms with Crippen LogP contribution in [-0.2, 0) is 0 Å². The first-order valence-electron chi connectivity index (χ1n) is 9.37. The number of nitrogens with zero attached hydrogens (tertiary/aromatic N) is 3. The van der Waals surface area contributed by atoms with Gasteiger partial charge in [0.2, 0.25) is 0 Å². The van der Waals surface area contributed by atoms with Crippen molar-refractivity contribution in [1.29, 1.82) is 0 Å². The first kappa shape index (κ1) is 16.6. The van der Waals surface area contributed by atoms with Crippen LogP contribution in [0, 0.1) is 0 Å². The summed E-state index contributed by atoms with van der Waals surface area (Å²) >= 11 is 3.60. The summed E-state index contributed by atoms with van der Waals surface area (Å²) in [6.45, 7) is 0. The van der Waals surface area contributed by atoms with Gasteiger partial charge < -0.3 is 4.57 Å². The van der Waals surface area contributed by atoms with E-state index in [1.807, 2.05) is 54.6 Å². The summed E-state index contributed by atoms with van der Waals surface area (Å²) in [6, 6.07) is 26.1. The number of para-hydroxylation sites is 2. The fourth-order valence-corrected chi connectivity index (χ4v) is 4.70. The molecule has 138 valence electrons. The van der Waals surface area contributed by atoms with Gasteiger partial charge in [0, 0.05) is 15.4 Å². The summed E-state index contributed by atoms with van der Waals surface area (Å²) in [5.41, 5.74) is 4.50. The van der Waals surface area contributed by atoms with Gasteiger partial charge >= 0.3 is 0 Å². The Balaban J connectivity index is 1.79. The molecule has 0 saturated carbocycles. The number of hydrogen-bond donors (Lipinski definition) is 0. The lowest BCUT2D eigenvalue weighted by molar-refractivity contribution is 0.726. The van der Waals surface area contributed by atoms with Crippen LogP contribution in [0.4, 0.5) is 0 Å². The van der Waals surface area contributed by atoms with Crippen LogP contribution in [0.3, 0.4) is 0 Å². The highest BCUT2D eigenvalue weighted by atomic mass is 79.9. The monoisotopic (exact) mass is 439 g/mol.